The molecule has 2 heterocycles. The van der Waals surface area contributed by atoms with Crippen molar-refractivity contribution in [3.63, 3.8) is 0 Å². The number of hydrogen-bond donors (Lipinski definition) is 0. The topological polar surface area (TPSA) is 64.7 Å². The van der Waals surface area contributed by atoms with Gasteiger partial charge >= 0.3 is 5.91 Å². The van der Waals surface area contributed by atoms with E-state index < -0.39 is 0 Å². The van der Waals surface area contributed by atoms with Crippen molar-refractivity contribution in [2.24, 2.45) is 0 Å². The Balaban J connectivity index is 2.16. The fourth-order valence-corrected chi connectivity index (χ4v) is 1.58. The predicted molar refractivity (Wildman–Crippen MR) is 67.6 cm³/mol. The van der Waals surface area contributed by atoms with E-state index in [2.05, 4.69) is 0 Å². The van der Waals surface area contributed by atoms with Gasteiger partial charge in [0.15, 0.2) is 5.76 Å². The Bertz CT molecular complexity index is 629. The molecule has 0 bridgehead atoms. The molecule has 2 aromatic rings. The molecule has 0 N–H and O–H groups in total. The average molecular weight is 262 g/mol. The molecule has 19 heavy (non-hydrogen) atoms. The molecule has 0 atom stereocenters. The van der Waals surface area contributed by atoms with E-state index in [0.29, 0.717) is 5.76 Å². The van der Waals surface area contributed by atoms with Gasteiger partial charge in [-0.2, -0.15) is 0 Å². The van der Waals surface area contributed by atoms with Gasteiger partial charge in [-0.3, -0.25) is 14.4 Å². The molecule has 0 saturated heterocycles. The highest BCUT2D eigenvalue weighted by Crippen LogP contribution is 2.11. The van der Waals surface area contributed by atoms with Gasteiger partial charge in [-0.15, -0.1) is 0 Å². The molecule has 0 unspecified atom stereocenters. The number of hydroxylamine groups is 2. The first-order valence-electron chi connectivity index (χ1n) is 5.68. The summed E-state index contributed by atoms with van der Waals surface area (Å²) in [5.74, 6) is 0.318. The minimum atomic E-state index is -0.380. The molecule has 6 heteroatoms. The lowest BCUT2D eigenvalue weighted by Gasteiger charge is -2.11. The van der Waals surface area contributed by atoms with Gasteiger partial charge in [0.1, 0.15) is 5.76 Å². The van der Waals surface area contributed by atoms with Crippen molar-refractivity contribution in [1.82, 2.24) is 9.63 Å². The van der Waals surface area contributed by atoms with Gasteiger partial charge in [0.2, 0.25) is 0 Å². The summed E-state index contributed by atoms with van der Waals surface area (Å²) in [6.45, 7) is 0.281. The maximum Gasteiger partial charge on any atom is 0.312 e. The van der Waals surface area contributed by atoms with E-state index in [1.54, 1.807) is 30.5 Å². The lowest BCUT2D eigenvalue weighted by Crippen LogP contribution is -2.24. The van der Waals surface area contributed by atoms with Crippen molar-refractivity contribution in [1.29, 1.82) is 0 Å². The summed E-state index contributed by atoms with van der Waals surface area (Å²) >= 11 is 0. The van der Waals surface area contributed by atoms with Crippen molar-refractivity contribution < 1.29 is 14.0 Å². The number of nitrogens with zero attached hydrogens (tertiary/aromatic N) is 2. The highest BCUT2D eigenvalue weighted by molar-refractivity contribution is 5.90. The minimum absolute atomic E-state index is 0.124. The van der Waals surface area contributed by atoms with E-state index >= 15 is 0 Å². The fraction of sp³-hybridized carbons (Fsp3) is 0.231. The Labute approximate surface area is 109 Å². The van der Waals surface area contributed by atoms with Crippen LogP contribution >= 0.6 is 0 Å². The molecule has 0 aromatic carbocycles. The largest absolute Gasteiger partial charge is 0.454 e. The Morgan fingerprint density at radius 3 is 2.84 bits per heavy atom. The van der Waals surface area contributed by atoms with Crippen molar-refractivity contribution >= 4 is 5.91 Å². The Morgan fingerprint density at radius 1 is 1.37 bits per heavy atom. The number of carbonyl (C=O) groups is 1. The van der Waals surface area contributed by atoms with Gasteiger partial charge in [0.05, 0.1) is 13.7 Å². The van der Waals surface area contributed by atoms with Crippen LogP contribution in [0.4, 0.5) is 0 Å². The Hall–Kier alpha value is -2.34. The summed E-state index contributed by atoms with van der Waals surface area (Å²) < 4.78 is 6.89. The SMILES string of the molecule is CON(C)C(=O)c1ccc(Cn2ccccc2=O)o1. The zero-order chi connectivity index (χ0) is 13.8. The van der Waals surface area contributed by atoms with Crippen LogP contribution in [-0.2, 0) is 11.4 Å². The first-order chi connectivity index (χ1) is 9.11. The molecule has 0 fully saturated rings. The van der Waals surface area contributed by atoms with Crippen LogP contribution in [0.15, 0.2) is 45.7 Å². The molecule has 0 aliphatic rings. The summed E-state index contributed by atoms with van der Waals surface area (Å²) in [5.41, 5.74) is -0.124. The van der Waals surface area contributed by atoms with Gasteiger partial charge in [0.25, 0.3) is 5.56 Å². The molecule has 6 nitrogen and oxygen atoms in total. The zero-order valence-corrected chi connectivity index (χ0v) is 10.7. The summed E-state index contributed by atoms with van der Waals surface area (Å²) in [5, 5.41) is 1.07. The van der Waals surface area contributed by atoms with Crippen molar-refractivity contribution in [3.05, 3.63) is 58.4 Å². The predicted octanol–water partition coefficient (Wildman–Crippen LogP) is 1.12. The Kier molecular flexibility index (Phi) is 3.82. The Morgan fingerprint density at radius 2 is 2.16 bits per heavy atom. The van der Waals surface area contributed by atoms with Gasteiger partial charge in [0, 0.05) is 19.3 Å². The molecule has 1 amide bonds. The van der Waals surface area contributed by atoms with Crippen LogP contribution < -0.4 is 5.56 Å². The number of furan rings is 1. The van der Waals surface area contributed by atoms with Crippen LogP contribution in [0.3, 0.4) is 0 Å². The van der Waals surface area contributed by atoms with Crippen LogP contribution in [0.25, 0.3) is 0 Å². The number of aromatic nitrogens is 1. The zero-order valence-electron chi connectivity index (χ0n) is 10.7. The van der Waals surface area contributed by atoms with E-state index in [-0.39, 0.29) is 23.8 Å². The number of carbonyl (C=O) groups excluding carboxylic acids is 1. The van der Waals surface area contributed by atoms with E-state index in [4.69, 9.17) is 9.25 Å². The molecule has 0 aliphatic heterocycles. The van der Waals surface area contributed by atoms with Crippen molar-refractivity contribution in [2.45, 2.75) is 6.54 Å². The standard InChI is InChI=1S/C13H14N2O4/c1-14(18-2)13(17)11-7-6-10(19-11)9-15-8-4-3-5-12(15)16/h3-8H,9H2,1-2H3. The number of hydrogen-bond acceptors (Lipinski definition) is 4. The summed E-state index contributed by atoms with van der Waals surface area (Å²) in [6.07, 6.45) is 1.66. The first kappa shape index (κ1) is 13.1. The maximum atomic E-state index is 11.7. The average Bonchev–Trinajstić information content (AvgIpc) is 2.88. The van der Waals surface area contributed by atoms with Gasteiger partial charge in [-0.1, -0.05) is 6.07 Å². The van der Waals surface area contributed by atoms with Crippen molar-refractivity contribution in [2.75, 3.05) is 14.2 Å². The summed E-state index contributed by atoms with van der Waals surface area (Å²) in [4.78, 5) is 28.1. The second-order valence-corrected chi connectivity index (χ2v) is 3.92. The first-order valence-corrected chi connectivity index (χ1v) is 5.68. The molecular weight excluding hydrogens is 248 g/mol. The van der Waals surface area contributed by atoms with E-state index in [0.717, 1.165) is 5.06 Å². The molecule has 2 aromatic heterocycles. The molecule has 100 valence electrons. The highest BCUT2D eigenvalue weighted by atomic mass is 16.7. The second kappa shape index (κ2) is 5.53. The fourth-order valence-electron chi connectivity index (χ4n) is 1.58. The molecule has 0 radical (unpaired) electrons. The third-order valence-electron chi connectivity index (χ3n) is 2.66. The number of rotatable bonds is 4. The van der Waals surface area contributed by atoms with Gasteiger partial charge < -0.3 is 8.98 Å². The monoisotopic (exact) mass is 262 g/mol. The number of pyridine rings is 1. The van der Waals surface area contributed by atoms with Crippen LogP contribution in [0, 0.1) is 0 Å². The van der Waals surface area contributed by atoms with E-state index in [1.807, 2.05) is 0 Å². The minimum Gasteiger partial charge on any atom is -0.454 e. The molecule has 0 saturated carbocycles. The van der Waals surface area contributed by atoms with Crippen LogP contribution in [0.2, 0.25) is 0 Å². The lowest BCUT2D eigenvalue weighted by atomic mass is 10.4. The molecule has 0 spiro atoms. The van der Waals surface area contributed by atoms with Gasteiger partial charge in [-0.05, 0) is 18.2 Å². The molecule has 2 rings (SSSR count). The van der Waals surface area contributed by atoms with E-state index in [1.165, 1.54) is 24.8 Å². The van der Waals surface area contributed by atoms with E-state index in [9.17, 15) is 9.59 Å². The third-order valence-corrected chi connectivity index (χ3v) is 2.66. The van der Waals surface area contributed by atoms with Gasteiger partial charge in [-0.25, -0.2) is 5.06 Å². The smallest absolute Gasteiger partial charge is 0.312 e. The summed E-state index contributed by atoms with van der Waals surface area (Å²) in [6, 6.07) is 8.11. The number of amides is 1. The van der Waals surface area contributed by atoms with Crippen LogP contribution in [0.5, 0.6) is 0 Å². The van der Waals surface area contributed by atoms with Crippen molar-refractivity contribution in [3.8, 4) is 0 Å². The molecular formula is C13H14N2O4. The maximum absolute atomic E-state index is 11.7. The quantitative estimate of drug-likeness (QED) is 0.775. The lowest BCUT2D eigenvalue weighted by molar-refractivity contribution is -0.0774. The third kappa shape index (κ3) is 2.92. The van der Waals surface area contributed by atoms with Crippen LogP contribution in [0.1, 0.15) is 16.3 Å². The second-order valence-electron chi connectivity index (χ2n) is 3.92. The highest BCUT2D eigenvalue weighted by Gasteiger charge is 2.15. The molecule has 0 aliphatic carbocycles. The normalized spacial score (nSPS) is 10.4. The summed E-state index contributed by atoms with van der Waals surface area (Å²) in [7, 11) is 2.89. The van der Waals surface area contributed by atoms with Crippen LogP contribution in [-0.4, -0.2) is 29.7 Å².